The number of nitrogens with zero attached hydrogens (tertiary/aromatic N) is 1. The van der Waals surface area contributed by atoms with Crippen molar-refractivity contribution in [3.8, 4) is 0 Å². The number of benzene rings is 1. The summed E-state index contributed by atoms with van der Waals surface area (Å²) in [6, 6.07) is 4.73. The highest BCUT2D eigenvalue weighted by Gasteiger charge is 2.37. The summed E-state index contributed by atoms with van der Waals surface area (Å²) in [5.41, 5.74) is 11.7. The molecule has 0 bridgehead atoms. The molecule has 1 aliphatic heterocycles. The van der Waals surface area contributed by atoms with Gasteiger partial charge in [-0.3, -0.25) is 19.2 Å². The molecule has 0 aromatic heterocycles. The number of carboxylic acids is 1. The number of nitrogens with two attached hydrogens (primary N) is 2. The fraction of sp³-hybridized carbons (Fsp3) is 0.500. The highest BCUT2D eigenvalue weighted by Crippen LogP contribution is 2.19. The van der Waals surface area contributed by atoms with Gasteiger partial charge in [-0.05, 0) is 24.8 Å². The van der Waals surface area contributed by atoms with Crippen LogP contribution in [0.5, 0.6) is 0 Å². The molecule has 0 spiro atoms. The van der Waals surface area contributed by atoms with E-state index in [1.807, 2.05) is 0 Å². The van der Waals surface area contributed by atoms with E-state index in [2.05, 4.69) is 23.3 Å². The maximum absolute atomic E-state index is 12.9. The third kappa shape index (κ3) is 7.73. The van der Waals surface area contributed by atoms with Crippen molar-refractivity contribution in [1.29, 1.82) is 0 Å². The first-order chi connectivity index (χ1) is 16.1. The van der Waals surface area contributed by atoms with Crippen molar-refractivity contribution in [3.63, 3.8) is 0 Å². The standard InChI is InChI=1S/C22H31N5O6S/c23-14(8-9-18(24)28)21(31)27-10-4-7-17(27)20(30)26-16(12-34)19(29)25-15(22(32)33)11-13-5-2-1-3-6-13/h1-3,5-6,14-17,34H,4,7-12,23H2,(H2,24,28)(H,25,29)(H,26,30)(H,32,33). The minimum atomic E-state index is -1.21. The van der Waals surface area contributed by atoms with Crippen molar-refractivity contribution in [2.45, 2.75) is 56.3 Å². The third-order valence-corrected chi connectivity index (χ3v) is 5.94. The molecule has 1 aromatic carbocycles. The molecular formula is C22H31N5O6S. The van der Waals surface area contributed by atoms with Crippen LogP contribution in [0.4, 0.5) is 0 Å². The molecule has 1 saturated heterocycles. The van der Waals surface area contributed by atoms with Gasteiger partial charge in [0.2, 0.25) is 23.6 Å². The number of likely N-dealkylation sites (tertiary alicyclic amines) is 1. The van der Waals surface area contributed by atoms with Crippen LogP contribution in [0, 0.1) is 0 Å². The van der Waals surface area contributed by atoms with E-state index >= 15 is 0 Å². The van der Waals surface area contributed by atoms with Crippen LogP contribution in [0.25, 0.3) is 0 Å². The normalized spacial score (nSPS) is 17.9. The van der Waals surface area contributed by atoms with E-state index in [0.29, 0.717) is 19.4 Å². The Bertz CT molecular complexity index is 899. The van der Waals surface area contributed by atoms with E-state index in [1.165, 1.54) is 4.90 Å². The summed E-state index contributed by atoms with van der Waals surface area (Å²) in [6.45, 7) is 0.317. The summed E-state index contributed by atoms with van der Waals surface area (Å²) < 4.78 is 0. The molecule has 1 fully saturated rings. The summed E-state index contributed by atoms with van der Waals surface area (Å²) in [5, 5.41) is 14.5. The molecule has 1 heterocycles. The smallest absolute Gasteiger partial charge is 0.326 e. The Hall–Kier alpha value is -3.12. The van der Waals surface area contributed by atoms with Gasteiger partial charge in [0.15, 0.2) is 0 Å². The molecule has 1 aromatic rings. The SMILES string of the molecule is NC(=O)CCC(N)C(=O)N1CCCC1C(=O)NC(CS)C(=O)NC(Cc1ccccc1)C(=O)O. The molecule has 11 nitrogen and oxygen atoms in total. The monoisotopic (exact) mass is 493 g/mol. The van der Waals surface area contributed by atoms with Gasteiger partial charge in [0.1, 0.15) is 18.1 Å². The molecule has 34 heavy (non-hydrogen) atoms. The number of nitrogens with one attached hydrogen (secondary N) is 2. The maximum Gasteiger partial charge on any atom is 0.326 e. The predicted molar refractivity (Wildman–Crippen MR) is 127 cm³/mol. The highest BCUT2D eigenvalue weighted by atomic mass is 32.1. The van der Waals surface area contributed by atoms with Crippen LogP contribution in [-0.2, 0) is 30.4 Å². The Morgan fingerprint density at radius 3 is 2.38 bits per heavy atom. The molecule has 4 unspecified atom stereocenters. The number of primary amides is 1. The molecule has 2 rings (SSSR count). The lowest BCUT2D eigenvalue weighted by atomic mass is 10.1. The third-order valence-electron chi connectivity index (χ3n) is 5.57. The van der Waals surface area contributed by atoms with Gasteiger partial charge in [-0.15, -0.1) is 0 Å². The van der Waals surface area contributed by atoms with Crippen molar-refractivity contribution >= 4 is 42.2 Å². The van der Waals surface area contributed by atoms with E-state index in [1.54, 1.807) is 30.3 Å². The molecule has 1 aliphatic rings. The van der Waals surface area contributed by atoms with E-state index in [4.69, 9.17) is 11.5 Å². The van der Waals surface area contributed by atoms with Gasteiger partial charge in [-0.25, -0.2) is 4.79 Å². The number of carboxylic acid groups (broad SMARTS) is 1. The van der Waals surface area contributed by atoms with Gasteiger partial charge >= 0.3 is 5.97 Å². The predicted octanol–water partition coefficient (Wildman–Crippen LogP) is -1.20. The van der Waals surface area contributed by atoms with Crippen LogP contribution in [0.3, 0.4) is 0 Å². The lowest BCUT2D eigenvalue weighted by Gasteiger charge is -2.28. The van der Waals surface area contributed by atoms with E-state index in [-0.39, 0.29) is 25.0 Å². The van der Waals surface area contributed by atoms with Crippen molar-refractivity contribution in [3.05, 3.63) is 35.9 Å². The number of amides is 4. The summed E-state index contributed by atoms with van der Waals surface area (Å²) in [7, 11) is 0. The van der Waals surface area contributed by atoms with Crippen LogP contribution >= 0.6 is 12.6 Å². The first-order valence-corrected chi connectivity index (χ1v) is 11.6. The quantitative estimate of drug-likeness (QED) is 0.197. The number of carbonyl (C=O) groups is 5. The largest absolute Gasteiger partial charge is 0.480 e. The Balaban J connectivity index is 2.00. The van der Waals surface area contributed by atoms with Gasteiger partial charge in [-0.1, -0.05) is 30.3 Å². The van der Waals surface area contributed by atoms with Gasteiger partial charge < -0.3 is 32.1 Å². The van der Waals surface area contributed by atoms with E-state index in [0.717, 1.165) is 5.56 Å². The van der Waals surface area contributed by atoms with Crippen LogP contribution in [0.1, 0.15) is 31.2 Å². The van der Waals surface area contributed by atoms with Crippen LogP contribution in [0.2, 0.25) is 0 Å². The molecular weight excluding hydrogens is 462 g/mol. The van der Waals surface area contributed by atoms with Crippen molar-refractivity contribution < 1.29 is 29.1 Å². The molecule has 7 N–H and O–H groups in total. The first-order valence-electron chi connectivity index (χ1n) is 11.0. The second-order valence-corrected chi connectivity index (χ2v) is 8.50. The molecule has 12 heteroatoms. The Morgan fingerprint density at radius 2 is 1.79 bits per heavy atom. The number of hydrogen-bond donors (Lipinski definition) is 6. The summed E-state index contributed by atoms with van der Waals surface area (Å²) >= 11 is 4.12. The zero-order valence-electron chi connectivity index (χ0n) is 18.7. The number of carbonyl (C=O) groups excluding carboxylic acids is 4. The zero-order valence-corrected chi connectivity index (χ0v) is 19.6. The minimum absolute atomic E-state index is 0.0484. The van der Waals surface area contributed by atoms with Gasteiger partial charge in [-0.2, -0.15) is 12.6 Å². The van der Waals surface area contributed by atoms with E-state index in [9.17, 15) is 29.1 Å². The number of thiol groups is 1. The van der Waals surface area contributed by atoms with Crippen molar-refractivity contribution in [1.82, 2.24) is 15.5 Å². The molecule has 4 atom stereocenters. The van der Waals surface area contributed by atoms with Crippen molar-refractivity contribution in [2.24, 2.45) is 11.5 Å². The van der Waals surface area contributed by atoms with Gasteiger partial charge in [0.25, 0.3) is 0 Å². The summed E-state index contributed by atoms with van der Waals surface area (Å²) in [6.07, 6.45) is 1.05. The highest BCUT2D eigenvalue weighted by molar-refractivity contribution is 7.80. The zero-order chi connectivity index (χ0) is 25.3. The topological polar surface area (TPSA) is 185 Å². The van der Waals surface area contributed by atoms with Gasteiger partial charge in [0, 0.05) is 25.1 Å². The number of aliphatic carboxylic acids is 1. The second kappa shape index (κ2) is 12.9. The molecule has 186 valence electrons. The molecule has 0 radical (unpaired) electrons. The molecule has 0 saturated carbocycles. The fourth-order valence-electron chi connectivity index (χ4n) is 3.72. The second-order valence-electron chi connectivity index (χ2n) is 8.13. The Labute approximate surface area is 203 Å². The lowest BCUT2D eigenvalue weighted by Crippen LogP contribution is -2.57. The lowest BCUT2D eigenvalue weighted by molar-refractivity contribution is -0.143. The first kappa shape index (κ1) is 27.1. The fourth-order valence-corrected chi connectivity index (χ4v) is 3.98. The number of rotatable bonds is 12. The van der Waals surface area contributed by atoms with E-state index < -0.39 is 53.8 Å². The summed E-state index contributed by atoms with van der Waals surface area (Å²) in [4.78, 5) is 62.2. The Kier molecular flexibility index (Phi) is 10.3. The van der Waals surface area contributed by atoms with Gasteiger partial charge in [0.05, 0.1) is 6.04 Å². The minimum Gasteiger partial charge on any atom is -0.480 e. The van der Waals surface area contributed by atoms with Crippen LogP contribution < -0.4 is 22.1 Å². The van der Waals surface area contributed by atoms with Crippen molar-refractivity contribution in [2.75, 3.05) is 12.3 Å². The maximum atomic E-state index is 12.9. The van der Waals surface area contributed by atoms with Crippen LogP contribution in [-0.4, -0.2) is 76.1 Å². The molecule has 0 aliphatic carbocycles. The Morgan fingerprint density at radius 1 is 1.12 bits per heavy atom. The summed E-state index contributed by atoms with van der Waals surface area (Å²) in [5.74, 6) is -3.58. The number of hydrogen-bond acceptors (Lipinski definition) is 7. The average Bonchev–Trinajstić information content (AvgIpc) is 3.30. The average molecular weight is 494 g/mol. The molecule has 4 amide bonds. The van der Waals surface area contributed by atoms with Crippen LogP contribution in [0.15, 0.2) is 30.3 Å².